The Labute approximate surface area is 469 Å². The predicted octanol–water partition coefficient (Wildman–Crippen LogP) is 11.3. The molecule has 452 valence electrons. The summed E-state index contributed by atoms with van der Waals surface area (Å²) in [6, 6.07) is -2.83. The Morgan fingerprint density at radius 3 is 1.44 bits per heavy atom. The first-order chi connectivity index (χ1) is 37.6. The molecule has 1 fully saturated rings. The molecular weight excluding hydrogens is 1000 g/mol. The van der Waals surface area contributed by atoms with Gasteiger partial charge in [0.05, 0.1) is 19.4 Å². The number of unbranched alkanes of at least 4 members (excludes halogenated alkanes) is 28. The Kier molecular flexibility index (Phi) is 43.6. The number of rotatable bonds is 50. The smallest absolute Gasteiger partial charge is 0.306 e. The monoisotopic (exact) mass is 1110 g/mol. The van der Waals surface area contributed by atoms with Gasteiger partial charge in [0.1, 0.15) is 30.9 Å². The number of hydrogen-bond acceptors (Lipinski definition) is 14. The number of carbonyl (C=O) groups is 8. The van der Waals surface area contributed by atoms with Gasteiger partial charge in [-0.25, -0.2) is 0 Å². The van der Waals surface area contributed by atoms with Crippen LogP contribution < -0.4 is 16.0 Å². The summed E-state index contributed by atoms with van der Waals surface area (Å²) in [7, 11) is 0. The molecule has 0 aromatic carbocycles. The van der Waals surface area contributed by atoms with Crippen LogP contribution in [0, 0.1) is 0 Å². The highest BCUT2D eigenvalue weighted by Crippen LogP contribution is 2.29. The Hall–Kier alpha value is -4.32. The van der Waals surface area contributed by atoms with E-state index in [0.717, 1.165) is 91.4 Å². The number of hydrogen-bond donors (Lipinski definition) is 4. The lowest BCUT2D eigenvalue weighted by molar-refractivity contribution is -0.278. The lowest BCUT2D eigenvalue weighted by Crippen LogP contribution is -2.67. The topological polar surface area (TPSA) is 248 Å². The van der Waals surface area contributed by atoms with E-state index in [9.17, 15) is 43.5 Å². The van der Waals surface area contributed by atoms with Crippen molar-refractivity contribution in [3.8, 4) is 0 Å². The molecule has 0 aromatic rings. The second-order valence-electron chi connectivity index (χ2n) is 21.5. The van der Waals surface area contributed by atoms with E-state index >= 15 is 0 Å². The number of amides is 3. The third-order valence-electron chi connectivity index (χ3n) is 14.1. The van der Waals surface area contributed by atoms with Gasteiger partial charge in [-0.05, 0) is 25.7 Å². The number of esters is 4. The summed E-state index contributed by atoms with van der Waals surface area (Å²) < 4.78 is 35.2. The van der Waals surface area contributed by atoms with Gasteiger partial charge in [-0.1, -0.05) is 201 Å². The molecule has 18 nitrogen and oxygen atoms in total. The van der Waals surface area contributed by atoms with E-state index in [1.165, 1.54) is 109 Å². The van der Waals surface area contributed by atoms with Crippen molar-refractivity contribution < 1.29 is 71.9 Å². The van der Waals surface area contributed by atoms with E-state index in [0.29, 0.717) is 25.7 Å². The minimum absolute atomic E-state index is 0.113. The average Bonchev–Trinajstić information content (AvgIpc) is 3.41. The normalized spacial score (nSPS) is 17.8. The van der Waals surface area contributed by atoms with Crippen LogP contribution in [0.25, 0.3) is 0 Å². The van der Waals surface area contributed by atoms with Crippen molar-refractivity contribution in [2.24, 2.45) is 0 Å². The molecule has 1 aliphatic rings. The van der Waals surface area contributed by atoms with Gasteiger partial charge in [0.15, 0.2) is 18.5 Å². The standard InChI is InChI=1S/C60H107N3O15/c1-7-10-13-16-19-22-24-27-30-33-36-39-52(67)62-50(59(72)61-42-41-54(69)70)44-74-60-56(58(76-48(6)66)57(75-47(5)65)51(78-60)45-73-46(4)64)63-53(68)43-49(38-35-32-29-26-21-18-15-12-9-3)77-55(71)40-37-34-31-28-25-23-20-17-14-11-8-2/h49-51,56-58,60H,7-45H2,1-6H3,(H,61,72)(H,62,67)(H,63,68)(H,69,70)/t49?,50-,51+,56+,57+,58+,60+/m0/s1. The van der Waals surface area contributed by atoms with Crippen LogP contribution >= 0.6 is 0 Å². The lowest BCUT2D eigenvalue weighted by Gasteiger charge is -2.45. The molecule has 0 aromatic heterocycles. The summed E-state index contributed by atoms with van der Waals surface area (Å²) in [6.45, 7) is 8.68. The molecule has 0 bridgehead atoms. The third-order valence-corrected chi connectivity index (χ3v) is 14.1. The fourth-order valence-corrected chi connectivity index (χ4v) is 9.72. The van der Waals surface area contributed by atoms with Crippen LogP contribution in [0.4, 0.5) is 0 Å². The molecule has 1 rings (SSSR count). The Morgan fingerprint density at radius 2 is 0.974 bits per heavy atom. The zero-order chi connectivity index (χ0) is 57.6. The Bertz CT molecular complexity index is 1650. The quantitative estimate of drug-likeness (QED) is 0.0251. The second kappa shape index (κ2) is 47.5. The summed E-state index contributed by atoms with van der Waals surface area (Å²) in [4.78, 5) is 104. The molecule has 0 radical (unpaired) electrons. The van der Waals surface area contributed by atoms with Crippen molar-refractivity contribution in [1.82, 2.24) is 16.0 Å². The van der Waals surface area contributed by atoms with Crippen LogP contribution in [-0.4, -0.2) is 115 Å². The van der Waals surface area contributed by atoms with Crippen molar-refractivity contribution in [3.05, 3.63) is 0 Å². The second-order valence-corrected chi connectivity index (χ2v) is 21.5. The number of ether oxygens (including phenoxy) is 6. The summed E-state index contributed by atoms with van der Waals surface area (Å²) in [5.74, 6) is -5.71. The van der Waals surface area contributed by atoms with Gasteiger partial charge in [0, 0.05) is 40.2 Å². The highest BCUT2D eigenvalue weighted by molar-refractivity contribution is 5.88. The van der Waals surface area contributed by atoms with Crippen LogP contribution in [0.15, 0.2) is 0 Å². The number of nitrogens with one attached hydrogen (secondary N) is 3. The first-order valence-electron chi connectivity index (χ1n) is 30.6. The van der Waals surface area contributed by atoms with Crippen LogP contribution in [-0.2, 0) is 66.8 Å². The van der Waals surface area contributed by atoms with Crippen LogP contribution in [0.2, 0.25) is 0 Å². The zero-order valence-electron chi connectivity index (χ0n) is 49.3. The van der Waals surface area contributed by atoms with Gasteiger partial charge in [0.25, 0.3) is 0 Å². The fraction of sp³-hybridized carbons (Fsp3) is 0.867. The van der Waals surface area contributed by atoms with E-state index in [4.69, 9.17) is 28.4 Å². The lowest BCUT2D eigenvalue weighted by atomic mass is 9.95. The van der Waals surface area contributed by atoms with Crippen molar-refractivity contribution in [2.45, 2.75) is 315 Å². The number of aliphatic carboxylic acids is 1. The highest BCUT2D eigenvalue weighted by atomic mass is 16.7. The third kappa shape index (κ3) is 38.3. The van der Waals surface area contributed by atoms with Crippen molar-refractivity contribution in [2.75, 3.05) is 19.8 Å². The van der Waals surface area contributed by atoms with Gasteiger partial charge in [-0.3, -0.25) is 38.4 Å². The number of carboxylic acids is 1. The predicted molar refractivity (Wildman–Crippen MR) is 300 cm³/mol. The maximum atomic E-state index is 14.3. The molecule has 0 aliphatic carbocycles. The Balaban J connectivity index is 3.37. The average molecular weight is 1110 g/mol. The minimum atomic E-state index is -1.59. The molecule has 1 aliphatic heterocycles. The van der Waals surface area contributed by atoms with Crippen LogP contribution in [0.5, 0.6) is 0 Å². The van der Waals surface area contributed by atoms with E-state index < -0.39 is 104 Å². The molecule has 18 heteroatoms. The maximum absolute atomic E-state index is 14.3. The van der Waals surface area contributed by atoms with Crippen LogP contribution in [0.3, 0.4) is 0 Å². The van der Waals surface area contributed by atoms with Gasteiger partial charge < -0.3 is 49.5 Å². The van der Waals surface area contributed by atoms with Gasteiger partial charge >= 0.3 is 29.8 Å². The van der Waals surface area contributed by atoms with Crippen molar-refractivity contribution >= 4 is 47.6 Å². The van der Waals surface area contributed by atoms with Crippen LogP contribution in [0.1, 0.15) is 273 Å². The molecular formula is C60H107N3O15. The SMILES string of the molecule is CCCCCCCCCCCCCC(=O)N[C@@H](CO[C@@H]1O[C@H](COC(C)=O)[C@@H](OC(C)=O)[C@H](OC(C)=O)[C@H]1NC(=O)CC(CCCCCCCCCCC)OC(=O)CCCCCCCCCCCCC)C(=O)NCCC(=O)O. The van der Waals surface area contributed by atoms with E-state index in [2.05, 4.69) is 36.7 Å². The molecule has 0 saturated carbocycles. The molecule has 78 heavy (non-hydrogen) atoms. The van der Waals surface area contributed by atoms with E-state index in [1.54, 1.807) is 0 Å². The summed E-state index contributed by atoms with van der Waals surface area (Å²) in [5.41, 5.74) is 0. The van der Waals surface area contributed by atoms with Gasteiger partial charge in [-0.2, -0.15) is 0 Å². The number of carboxylic acid groups (broad SMARTS) is 1. The summed E-state index contributed by atoms with van der Waals surface area (Å²) >= 11 is 0. The van der Waals surface area contributed by atoms with Gasteiger partial charge in [0.2, 0.25) is 17.7 Å². The molecule has 3 amide bonds. The van der Waals surface area contributed by atoms with E-state index in [1.807, 2.05) is 0 Å². The Morgan fingerprint density at radius 1 is 0.526 bits per heavy atom. The van der Waals surface area contributed by atoms with E-state index in [-0.39, 0.29) is 32.2 Å². The summed E-state index contributed by atoms with van der Waals surface area (Å²) in [6.07, 6.45) is 27.4. The maximum Gasteiger partial charge on any atom is 0.306 e. The zero-order valence-corrected chi connectivity index (χ0v) is 49.3. The first kappa shape index (κ1) is 71.7. The van der Waals surface area contributed by atoms with Crippen molar-refractivity contribution in [1.29, 1.82) is 0 Å². The highest BCUT2D eigenvalue weighted by Gasteiger charge is 2.52. The minimum Gasteiger partial charge on any atom is -0.481 e. The molecule has 1 heterocycles. The molecule has 0 spiro atoms. The molecule has 4 N–H and O–H groups in total. The summed E-state index contributed by atoms with van der Waals surface area (Å²) in [5, 5.41) is 17.3. The molecule has 1 unspecified atom stereocenters. The van der Waals surface area contributed by atoms with Gasteiger partial charge in [-0.15, -0.1) is 0 Å². The molecule has 1 saturated heterocycles. The fourth-order valence-electron chi connectivity index (χ4n) is 9.72. The molecule has 7 atom stereocenters. The number of carbonyl (C=O) groups excluding carboxylic acids is 7. The van der Waals surface area contributed by atoms with Crippen molar-refractivity contribution in [3.63, 3.8) is 0 Å². The first-order valence-corrected chi connectivity index (χ1v) is 30.6. The largest absolute Gasteiger partial charge is 0.481 e.